The van der Waals surface area contributed by atoms with Crippen LogP contribution in [0.5, 0.6) is 0 Å². The molecule has 0 spiro atoms. The van der Waals surface area contributed by atoms with Gasteiger partial charge in [-0.05, 0) is 18.9 Å². The molecule has 0 bridgehead atoms. The summed E-state index contributed by atoms with van der Waals surface area (Å²) in [5, 5.41) is 3.35. The molecular formula is C11H16N2O. The zero-order chi connectivity index (χ0) is 9.64. The number of furan rings is 1. The van der Waals surface area contributed by atoms with Gasteiger partial charge in [-0.25, -0.2) is 0 Å². The molecule has 0 radical (unpaired) electrons. The molecule has 0 unspecified atom stereocenters. The SMILES string of the molecule is c1cc(CNC2=NCCCCC2)co1. The molecule has 0 fully saturated rings. The summed E-state index contributed by atoms with van der Waals surface area (Å²) >= 11 is 0. The third-order valence-electron chi connectivity index (χ3n) is 2.45. The minimum atomic E-state index is 0.829. The Balaban J connectivity index is 1.82. The average molecular weight is 192 g/mol. The number of hydrogen-bond donors (Lipinski definition) is 1. The maximum absolute atomic E-state index is 5.00. The minimum absolute atomic E-state index is 0.829. The second-order valence-corrected chi connectivity index (χ2v) is 3.62. The van der Waals surface area contributed by atoms with Crippen LogP contribution in [0.2, 0.25) is 0 Å². The van der Waals surface area contributed by atoms with Crippen LogP contribution in [-0.2, 0) is 6.54 Å². The van der Waals surface area contributed by atoms with Gasteiger partial charge in [-0.2, -0.15) is 0 Å². The van der Waals surface area contributed by atoms with Crippen LogP contribution in [0.3, 0.4) is 0 Å². The number of amidine groups is 1. The van der Waals surface area contributed by atoms with Crippen LogP contribution in [0.4, 0.5) is 0 Å². The molecule has 3 heteroatoms. The van der Waals surface area contributed by atoms with Crippen molar-refractivity contribution >= 4 is 5.84 Å². The van der Waals surface area contributed by atoms with Gasteiger partial charge in [0.1, 0.15) is 0 Å². The monoisotopic (exact) mass is 192 g/mol. The van der Waals surface area contributed by atoms with E-state index in [1.807, 2.05) is 6.07 Å². The zero-order valence-electron chi connectivity index (χ0n) is 8.33. The maximum Gasteiger partial charge on any atom is 0.0965 e. The second-order valence-electron chi connectivity index (χ2n) is 3.62. The summed E-state index contributed by atoms with van der Waals surface area (Å²) in [6.07, 6.45) is 8.36. The normalized spacial score (nSPS) is 17.3. The Hall–Kier alpha value is -1.25. The van der Waals surface area contributed by atoms with E-state index in [1.165, 1.54) is 24.8 Å². The molecule has 0 amide bonds. The third-order valence-corrected chi connectivity index (χ3v) is 2.45. The molecule has 0 atom stereocenters. The summed E-state index contributed by atoms with van der Waals surface area (Å²) in [6, 6.07) is 1.98. The molecule has 76 valence electrons. The van der Waals surface area contributed by atoms with Crippen LogP contribution in [0.25, 0.3) is 0 Å². The van der Waals surface area contributed by atoms with Crippen LogP contribution in [0.1, 0.15) is 31.2 Å². The van der Waals surface area contributed by atoms with Crippen LogP contribution in [0.15, 0.2) is 28.0 Å². The van der Waals surface area contributed by atoms with E-state index in [-0.39, 0.29) is 0 Å². The van der Waals surface area contributed by atoms with Crippen molar-refractivity contribution in [1.29, 1.82) is 0 Å². The van der Waals surface area contributed by atoms with Crippen LogP contribution < -0.4 is 5.32 Å². The number of nitrogens with zero attached hydrogens (tertiary/aromatic N) is 1. The fourth-order valence-electron chi connectivity index (χ4n) is 1.62. The van der Waals surface area contributed by atoms with Gasteiger partial charge < -0.3 is 9.73 Å². The molecule has 3 nitrogen and oxygen atoms in total. The van der Waals surface area contributed by atoms with Crippen LogP contribution in [0, 0.1) is 0 Å². The van der Waals surface area contributed by atoms with Crippen molar-refractivity contribution in [3.63, 3.8) is 0 Å². The molecule has 0 aromatic carbocycles. The van der Waals surface area contributed by atoms with E-state index in [9.17, 15) is 0 Å². The van der Waals surface area contributed by atoms with E-state index in [1.54, 1.807) is 12.5 Å². The maximum atomic E-state index is 5.00. The lowest BCUT2D eigenvalue weighted by atomic mass is 10.2. The molecule has 1 aromatic heterocycles. The first kappa shape index (κ1) is 9.31. The van der Waals surface area contributed by atoms with Crippen molar-refractivity contribution in [2.75, 3.05) is 6.54 Å². The van der Waals surface area contributed by atoms with E-state index >= 15 is 0 Å². The van der Waals surface area contributed by atoms with E-state index in [4.69, 9.17) is 4.42 Å². The van der Waals surface area contributed by atoms with Crippen molar-refractivity contribution in [3.8, 4) is 0 Å². The largest absolute Gasteiger partial charge is 0.472 e. The molecule has 1 aliphatic rings. The Morgan fingerprint density at radius 1 is 1.36 bits per heavy atom. The summed E-state index contributed by atoms with van der Waals surface area (Å²) in [7, 11) is 0. The van der Waals surface area contributed by atoms with E-state index < -0.39 is 0 Å². The molecule has 2 rings (SSSR count). The predicted molar refractivity (Wildman–Crippen MR) is 56.3 cm³/mol. The lowest BCUT2D eigenvalue weighted by molar-refractivity contribution is 0.563. The van der Waals surface area contributed by atoms with Crippen LogP contribution >= 0.6 is 0 Å². The smallest absolute Gasteiger partial charge is 0.0965 e. The van der Waals surface area contributed by atoms with E-state index in [2.05, 4.69) is 10.3 Å². The highest BCUT2D eigenvalue weighted by Crippen LogP contribution is 2.07. The number of nitrogens with one attached hydrogen (secondary N) is 1. The minimum Gasteiger partial charge on any atom is -0.472 e. The third kappa shape index (κ3) is 2.62. The molecular weight excluding hydrogens is 176 g/mol. The first-order valence-corrected chi connectivity index (χ1v) is 5.23. The average Bonchev–Trinajstić information content (AvgIpc) is 2.58. The second kappa shape index (κ2) is 4.84. The standard InChI is InChI=1S/C11H16N2O/c1-2-4-11(12-6-3-1)13-8-10-5-7-14-9-10/h5,7,9H,1-4,6,8H2,(H,12,13). The Morgan fingerprint density at radius 2 is 2.36 bits per heavy atom. The predicted octanol–water partition coefficient (Wildman–Crippen LogP) is 2.34. The van der Waals surface area contributed by atoms with Crippen molar-refractivity contribution in [2.24, 2.45) is 4.99 Å². The number of aliphatic imine (C=N–C) groups is 1. The highest BCUT2D eigenvalue weighted by Gasteiger charge is 2.03. The lowest BCUT2D eigenvalue weighted by Crippen LogP contribution is -2.22. The Kier molecular flexibility index (Phi) is 3.22. The molecule has 2 heterocycles. The quantitative estimate of drug-likeness (QED) is 0.781. The lowest BCUT2D eigenvalue weighted by Gasteiger charge is -2.06. The van der Waals surface area contributed by atoms with Crippen molar-refractivity contribution in [1.82, 2.24) is 5.32 Å². The van der Waals surface area contributed by atoms with Crippen molar-refractivity contribution in [3.05, 3.63) is 24.2 Å². The van der Waals surface area contributed by atoms with Gasteiger partial charge in [-0.3, -0.25) is 4.99 Å². The first-order chi connectivity index (χ1) is 6.95. The fourth-order valence-corrected chi connectivity index (χ4v) is 1.62. The van der Waals surface area contributed by atoms with Gasteiger partial charge in [0.15, 0.2) is 0 Å². The number of hydrogen-bond acceptors (Lipinski definition) is 3. The Morgan fingerprint density at radius 3 is 3.21 bits per heavy atom. The Bertz CT molecular complexity index is 290. The summed E-state index contributed by atoms with van der Waals surface area (Å²) in [5.74, 6) is 1.16. The number of rotatable bonds is 2. The summed E-state index contributed by atoms with van der Waals surface area (Å²) < 4.78 is 5.00. The molecule has 1 N–H and O–H groups in total. The van der Waals surface area contributed by atoms with Gasteiger partial charge in [-0.15, -0.1) is 0 Å². The molecule has 0 aliphatic carbocycles. The van der Waals surface area contributed by atoms with Gasteiger partial charge >= 0.3 is 0 Å². The highest BCUT2D eigenvalue weighted by molar-refractivity contribution is 5.82. The molecule has 1 aliphatic heterocycles. The van der Waals surface area contributed by atoms with Crippen LogP contribution in [-0.4, -0.2) is 12.4 Å². The zero-order valence-corrected chi connectivity index (χ0v) is 8.33. The summed E-state index contributed by atoms with van der Waals surface area (Å²) in [4.78, 5) is 4.50. The summed E-state index contributed by atoms with van der Waals surface area (Å²) in [6.45, 7) is 1.81. The van der Waals surface area contributed by atoms with E-state index in [0.29, 0.717) is 0 Å². The van der Waals surface area contributed by atoms with Gasteiger partial charge in [0, 0.05) is 25.1 Å². The van der Waals surface area contributed by atoms with Gasteiger partial charge in [0.25, 0.3) is 0 Å². The van der Waals surface area contributed by atoms with Crippen molar-refractivity contribution in [2.45, 2.75) is 32.2 Å². The highest BCUT2D eigenvalue weighted by atomic mass is 16.3. The Labute approximate surface area is 84.2 Å². The summed E-state index contributed by atoms with van der Waals surface area (Å²) in [5.41, 5.74) is 1.18. The van der Waals surface area contributed by atoms with Crippen molar-refractivity contribution < 1.29 is 4.42 Å². The topological polar surface area (TPSA) is 37.5 Å². The van der Waals surface area contributed by atoms with Gasteiger partial charge in [0.05, 0.1) is 18.4 Å². The van der Waals surface area contributed by atoms with E-state index in [0.717, 1.165) is 25.3 Å². The first-order valence-electron chi connectivity index (χ1n) is 5.23. The molecule has 1 aromatic rings. The fraction of sp³-hybridized carbons (Fsp3) is 0.545. The molecule has 0 saturated carbocycles. The molecule has 14 heavy (non-hydrogen) atoms. The van der Waals surface area contributed by atoms with Gasteiger partial charge in [-0.1, -0.05) is 6.42 Å². The van der Waals surface area contributed by atoms with Gasteiger partial charge in [0.2, 0.25) is 0 Å². The molecule has 0 saturated heterocycles.